The van der Waals surface area contributed by atoms with Crippen LogP contribution in [0.3, 0.4) is 0 Å². The second-order valence-corrected chi connectivity index (χ2v) is 7.25. The molecule has 1 aliphatic heterocycles. The molecule has 1 unspecified atom stereocenters. The molecule has 26 heavy (non-hydrogen) atoms. The van der Waals surface area contributed by atoms with Crippen LogP contribution in [0.4, 0.5) is 0 Å². The van der Waals surface area contributed by atoms with Gasteiger partial charge in [0.25, 0.3) is 5.91 Å². The zero-order valence-corrected chi connectivity index (χ0v) is 15.1. The standard InChI is InChI=1S/C19H24N2O5/c1-19(2,24)8-7-15-5-6-16(26-15)18(23)21-9-10-25-12-14(21)11-17(22)20-13-3-4-13/h5-6,13-14,24H,3-4,9-12H2,1-2H3,(H,20,22). The largest absolute Gasteiger partial charge is 0.443 e. The van der Waals surface area contributed by atoms with Crippen molar-refractivity contribution in [2.24, 2.45) is 0 Å². The average molecular weight is 360 g/mol. The van der Waals surface area contributed by atoms with E-state index in [0.717, 1.165) is 12.8 Å². The molecule has 2 fully saturated rings. The minimum atomic E-state index is -1.14. The lowest BCUT2D eigenvalue weighted by Gasteiger charge is -2.34. The third-order valence-corrected chi connectivity index (χ3v) is 4.16. The molecule has 7 heteroatoms. The fourth-order valence-electron chi connectivity index (χ4n) is 2.70. The topological polar surface area (TPSA) is 92.0 Å². The summed E-state index contributed by atoms with van der Waals surface area (Å²) in [5, 5.41) is 12.6. The van der Waals surface area contributed by atoms with Crippen LogP contribution in [0.1, 0.15) is 49.4 Å². The van der Waals surface area contributed by atoms with E-state index in [9.17, 15) is 14.7 Å². The average Bonchev–Trinajstić information content (AvgIpc) is 3.25. The molecular formula is C19H24N2O5. The molecular weight excluding hydrogens is 336 g/mol. The molecule has 0 aromatic carbocycles. The third-order valence-electron chi connectivity index (χ3n) is 4.16. The number of nitrogens with zero attached hydrogens (tertiary/aromatic N) is 1. The molecule has 3 rings (SSSR count). The molecule has 1 saturated carbocycles. The maximum absolute atomic E-state index is 12.8. The highest BCUT2D eigenvalue weighted by Crippen LogP contribution is 2.20. The van der Waals surface area contributed by atoms with E-state index in [4.69, 9.17) is 9.15 Å². The SMILES string of the molecule is CC(C)(O)C#Cc1ccc(C(=O)N2CCOCC2CC(=O)NC2CC2)o1. The summed E-state index contributed by atoms with van der Waals surface area (Å²) in [5.41, 5.74) is -1.14. The third kappa shape index (κ3) is 5.10. The van der Waals surface area contributed by atoms with Crippen molar-refractivity contribution in [3.63, 3.8) is 0 Å². The molecule has 0 spiro atoms. The fourth-order valence-corrected chi connectivity index (χ4v) is 2.70. The smallest absolute Gasteiger partial charge is 0.290 e. The van der Waals surface area contributed by atoms with Crippen LogP contribution in [0.25, 0.3) is 0 Å². The molecule has 1 aliphatic carbocycles. The van der Waals surface area contributed by atoms with Crippen molar-refractivity contribution in [3.05, 3.63) is 23.7 Å². The number of furan rings is 1. The summed E-state index contributed by atoms with van der Waals surface area (Å²) in [6.07, 6.45) is 2.27. The number of morpholine rings is 1. The molecule has 2 amide bonds. The molecule has 1 atom stereocenters. The molecule has 1 aromatic heterocycles. The van der Waals surface area contributed by atoms with E-state index in [1.807, 2.05) is 0 Å². The van der Waals surface area contributed by atoms with E-state index in [2.05, 4.69) is 17.2 Å². The summed E-state index contributed by atoms with van der Waals surface area (Å²) in [7, 11) is 0. The van der Waals surface area contributed by atoms with Gasteiger partial charge in [-0.15, -0.1) is 0 Å². The van der Waals surface area contributed by atoms with Crippen molar-refractivity contribution in [1.29, 1.82) is 0 Å². The highest BCUT2D eigenvalue weighted by atomic mass is 16.5. The summed E-state index contributed by atoms with van der Waals surface area (Å²) < 4.78 is 11.0. The van der Waals surface area contributed by atoms with Gasteiger partial charge in [-0.2, -0.15) is 0 Å². The number of amides is 2. The van der Waals surface area contributed by atoms with E-state index in [-0.39, 0.29) is 36.1 Å². The molecule has 7 nitrogen and oxygen atoms in total. The summed E-state index contributed by atoms with van der Waals surface area (Å²) in [5.74, 6) is 5.49. The van der Waals surface area contributed by atoms with Crippen molar-refractivity contribution in [2.75, 3.05) is 19.8 Å². The predicted octanol–water partition coefficient (Wildman–Crippen LogP) is 0.912. The Kier molecular flexibility index (Phi) is 5.35. The first-order chi connectivity index (χ1) is 12.3. The van der Waals surface area contributed by atoms with Crippen molar-refractivity contribution in [3.8, 4) is 11.8 Å². The van der Waals surface area contributed by atoms with Crippen molar-refractivity contribution in [1.82, 2.24) is 10.2 Å². The molecule has 1 saturated heterocycles. The zero-order chi connectivity index (χ0) is 18.7. The van der Waals surface area contributed by atoms with Crippen molar-refractivity contribution >= 4 is 11.8 Å². The maximum atomic E-state index is 12.8. The van der Waals surface area contributed by atoms with E-state index >= 15 is 0 Å². The summed E-state index contributed by atoms with van der Waals surface area (Å²) in [4.78, 5) is 26.5. The minimum Gasteiger partial charge on any atom is -0.443 e. The van der Waals surface area contributed by atoms with Gasteiger partial charge < -0.3 is 24.5 Å². The Labute approximate surface area is 152 Å². The van der Waals surface area contributed by atoms with Gasteiger partial charge in [0.05, 0.1) is 19.3 Å². The highest BCUT2D eigenvalue weighted by Gasteiger charge is 2.32. The van der Waals surface area contributed by atoms with Gasteiger partial charge in [0.2, 0.25) is 5.91 Å². The number of ether oxygens (including phenoxy) is 1. The van der Waals surface area contributed by atoms with Crippen LogP contribution in [0.15, 0.2) is 16.5 Å². The lowest BCUT2D eigenvalue weighted by atomic mass is 10.1. The second kappa shape index (κ2) is 7.52. The number of carbonyl (C=O) groups excluding carboxylic acids is 2. The number of carbonyl (C=O) groups is 2. The number of aliphatic hydroxyl groups is 1. The van der Waals surface area contributed by atoms with E-state index in [1.165, 1.54) is 0 Å². The van der Waals surface area contributed by atoms with Crippen LogP contribution in [-0.4, -0.2) is 59.3 Å². The van der Waals surface area contributed by atoms with E-state index < -0.39 is 5.60 Å². The summed E-state index contributed by atoms with van der Waals surface area (Å²) in [6, 6.07) is 3.14. The Morgan fingerprint density at radius 3 is 2.85 bits per heavy atom. The Morgan fingerprint density at radius 1 is 1.38 bits per heavy atom. The predicted molar refractivity (Wildman–Crippen MR) is 93.3 cm³/mol. The number of nitrogens with one attached hydrogen (secondary N) is 1. The molecule has 2 heterocycles. The van der Waals surface area contributed by atoms with Gasteiger partial charge in [0, 0.05) is 19.0 Å². The van der Waals surface area contributed by atoms with Gasteiger partial charge in [0.1, 0.15) is 5.60 Å². The van der Waals surface area contributed by atoms with Gasteiger partial charge in [-0.1, -0.05) is 5.92 Å². The first kappa shape index (κ1) is 18.5. The molecule has 140 valence electrons. The van der Waals surface area contributed by atoms with Gasteiger partial charge >= 0.3 is 0 Å². The lowest BCUT2D eigenvalue weighted by Crippen LogP contribution is -2.50. The molecule has 0 radical (unpaired) electrons. The Hall–Kier alpha value is -2.30. The van der Waals surface area contributed by atoms with Gasteiger partial charge in [-0.25, -0.2) is 0 Å². The monoisotopic (exact) mass is 360 g/mol. The Balaban J connectivity index is 1.66. The van der Waals surface area contributed by atoms with Crippen LogP contribution in [0.5, 0.6) is 0 Å². The first-order valence-corrected chi connectivity index (χ1v) is 8.85. The molecule has 2 N–H and O–H groups in total. The van der Waals surface area contributed by atoms with Crippen LogP contribution in [0.2, 0.25) is 0 Å². The zero-order valence-electron chi connectivity index (χ0n) is 15.1. The van der Waals surface area contributed by atoms with Gasteiger partial charge in [-0.05, 0) is 44.7 Å². The number of hydrogen-bond acceptors (Lipinski definition) is 5. The van der Waals surface area contributed by atoms with E-state index in [0.29, 0.717) is 25.5 Å². The van der Waals surface area contributed by atoms with Crippen LogP contribution < -0.4 is 5.32 Å². The van der Waals surface area contributed by atoms with Crippen LogP contribution in [0, 0.1) is 11.8 Å². The second-order valence-electron chi connectivity index (χ2n) is 7.25. The van der Waals surface area contributed by atoms with Gasteiger partial charge in [0.15, 0.2) is 11.5 Å². The summed E-state index contributed by atoms with van der Waals surface area (Å²) in [6.45, 7) is 4.31. The van der Waals surface area contributed by atoms with Crippen LogP contribution in [-0.2, 0) is 9.53 Å². The van der Waals surface area contributed by atoms with Crippen molar-refractivity contribution < 1.29 is 23.8 Å². The normalized spacial score (nSPS) is 20.3. The molecule has 0 bridgehead atoms. The number of hydrogen-bond donors (Lipinski definition) is 2. The fraction of sp³-hybridized carbons (Fsp3) is 0.579. The summed E-state index contributed by atoms with van der Waals surface area (Å²) >= 11 is 0. The maximum Gasteiger partial charge on any atom is 0.290 e. The van der Waals surface area contributed by atoms with E-state index in [1.54, 1.807) is 30.9 Å². The highest BCUT2D eigenvalue weighted by molar-refractivity contribution is 5.92. The Bertz CT molecular complexity index is 733. The van der Waals surface area contributed by atoms with Crippen molar-refractivity contribution in [2.45, 2.75) is 50.8 Å². The number of rotatable bonds is 4. The van der Waals surface area contributed by atoms with Crippen LogP contribution >= 0.6 is 0 Å². The van der Waals surface area contributed by atoms with Gasteiger partial charge in [-0.3, -0.25) is 9.59 Å². The Morgan fingerprint density at radius 2 is 2.15 bits per heavy atom. The molecule has 1 aromatic rings. The lowest BCUT2D eigenvalue weighted by molar-refractivity contribution is -0.123. The molecule has 2 aliphatic rings. The minimum absolute atomic E-state index is 0.0584. The quantitative estimate of drug-likeness (QED) is 0.779. The first-order valence-electron chi connectivity index (χ1n) is 8.85.